The van der Waals surface area contributed by atoms with Crippen molar-refractivity contribution in [1.29, 1.82) is 0 Å². The lowest BCUT2D eigenvalue weighted by Crippen LogP contribution is -2.44. The molecule has 1 aliphatic heterocycles. The fourth-order valence-corrected chi connectivity index (χ4v) is 3.93. The van der Waals surface area contributed by atoms with Gasteiger partial charge < -0.3 is 10.1 Å². The quantitative estimate of drug-likeness (QED) is 0.492. The number of rotatable bonds is 6. The molecule has 0 radical (unpaired) electrons. The van der Waals surface area contributed by atoms with Crippen molar-refractivity contribution in [2.75, 3.05) is 18.0 Å². The minimum absolute atomic E-state index is 0.0805. The molecule has 35 heavy (non-hydrogen) atoms. The maximum absolute atomic E-state index is 13.5. The summed E-state index contributed by atoms with van der Waals surface area (Å²) in [6.45, 7) is 8.81. The summed E-state index contributed by atoms with van der Waals surface area (Å²) in [6.07, 6.45) is 2.44. The Morgan fingerprint density at radius 1 is 1.00 bits per heavy atom. The van der Waals surface area contributed by atoms with Crippen LogP contribution in [0.4, 0.5) is 5.69 Å². The molecule has 0 atom stereocenters. The number of carbonyl (C=O) groups is 2. The highest BCUT2D eigenvalue weighted by Gasteiger charge is 2.33. The van der Waals surface area contributed by atoms with Crippen molar-refractivity contribution in [2.45, 2.75) is 39.5 Å². The van der Waals surface area contributed by atoms with Crippen molar-refractivity contribution in [1.82, 2.24) is 5.32 Å². The number of hydrogen-bond acceptors (Lipinski definition) is 3. The molecule has 0 spiro atoms. The third kappa shape index (κ3) is 5.99. The Kier molecular flexibility index (Phi) is 7.06. The number of fused-ring (bicyclic) bond motifs is 1. The van der Waals surface area contributed by atoms with Crippen LogP contribution in [0.3, 0.4) is 0 Å². The van der Waals surface area contributed by atoms with Gasteiger partial charge in [-0.15, -0.1) is 0 Å². The molecule has 3 aromatic rings. The number of amides is 2. The largest absolute Gasteiger partial charge is 0.449 e. The molecule has 2 amide bonds. The zero-order chi connectivity index (χ0) is 25.0. The molecule has 5 nitrogen and oxygen atoms in total. The monoisotopic (exact) mass is 468 g/mol. The van der Waals surface area contributed by atoms with Crippen molar-refractivity contribution >= 4 is 23.6 Å². The predicted octanol–water partition coefficient (Wildman–Crippen LogP) is 5.42. The SMILES string of the molecule is Cc1ccc(CCNC(=O)CN2C(=O)C(=Cc3ccccc3)Oc3ccc(C(C)(C)C)cc32)cc1. The van der Waals surface area contributed by atoms with Gasteiger partial charge in [0.05, 0.1) is 5.69 Å². The van der Waals surface area contributed by atoms with Crippen LogP contribution in [0, 0.1) is 6.92 Å². The molecule has 1 heterocycles. The predicted molar refractivity (Wildman–Crippen MR) is 140 cm³/mol. The van der Waals surface area contributed by atoms with E-state index in [2.05, 4.69) is 50.4 Å². The number of carbonyl (C=O) groups excluding carboxylic acids is 2. The summed E-state index contributed by atoms with van der Waals surface area (Å²) in [5, 5.41) is 2.96. The van der Waals surface area contributed by atoms with E-state index in [1.54, 1.807) is 6.08 Å². The highest BCUT2D eigenvalue weighted by atomic mass is 16.5. The van der Waals surface area contributed by atoms with Gasteiger partial charge in [0.25, 0.3) is 5.91 Å². The molecule has 0 aliphatic carbocycles. The Labute approximate surface area is 207 Å². The second-order valence-electron chi connectivity index (χ2n) is 9.93. The average molecular weight is 469 g/mol. The number of benzene rings is 3. The maximum atomic E-state index is 13.5. The Bertz CT molecular complexity index is 1240. The van der Waals surface area contributed by atoms with Crippen molar-refractivity contribution in [3.8, 4) is 5.75 Å². The van der Waals surface area contributed by atoms with Gasteiger partial charge in [-0.3, -0.25) is 14.5 Å². The van der Waals surface area contributed by atoms with Crippen molar-refractivity contribution < 1.29 is 14.3 Å². The zero-order valence-corrected chi connectivity index (χ0v) is 20.8. The van der Waals surface area contributed by atoms with Crippen molar-refractivity contribution in [3.63, 3.8) is 0 Å². The van der Waals surface area contributed by atoms with Crippen LogP contribution < -0.4 is 15.0 Å². The Morgan fingerprint density at radius 2 is 1.71 bits per heavy atom. The highest BCUT2D eigenvalue weighted by molar-refractivity contribution is 6.12. The Hall–Kier alpha value is -3.86. The van der Waals surface area contributed by atoms with E-state index in [1.165, 1.54) is 10.5 Å². The third-order valence-corrected chi connectivity index (χ3v) is 6.05. The number of nitrogens with zero attached hydrogens (tertiary/aromatic N) is 1. The van der Waals surface area contributed by atoms with E-state index in [-0.39, 0.29) is 29.5 Å². The summed E-state index contributed by atoms with van der Waals surface area (Å²) in [4.78, 5) is 27.9. The van der Waals surface area contributed by atoms with Crippen molar-refractivity contribution in [2.24, 2.45) is 0 Å². The summed E-state index contributed by atoms with van der Waals surface area (Å²) in [5.41, 5.74) is 4.78. The van der Waals surface area contributed by atoms with Gasteiger partial charge in [0.1, 0.15) is 6.54 Å². The van der Waals surface area contributed by atoms with E-state index < -0.39 is 0 Å². The molecule has 1 N–H and O–H groups in total. The second-order valence-corrected chi connectivity index (χ2v) is 9.93. The topological polar surface area (TPSA) is 58.6 Å². The first-order valence-corrected chi connectivity index (χ1v) is 11.9. The highest BCUT2D eigenvalue weighted by Crippen LogP contribution is 2.39. The molecule has 4 rings (SSSR count). The van der Waals surface area contributed by atoms with Crippen LogP contribution in [-0.2, 0) is 21.4 Å². The van der Waals surface area contributed by atoms with Crippen LogP contribution in [0.15, 0.2) is 78.6 Å². The van der Waals surface area contributed by atoms with Crippen LogP contribution >= 0.6 is 0 Å². The van der Waals surface area contributed by atoms with Gasteiger partial charge in [0, 0.05) is 6.54 Å². The van der Waals surface area contributed by atoms with Gasteiger partial charge in [-0.25, -0.2) is 0 Å². The zero-order valence-electron chi connectivity index (χ0n) is 20.8. The molecule has 0 saturated heterocycles. The van der Waals surface area contributed by atoms with E-state index in [1.807, 2.05) is 55.5 Å². The molecule has 0 fully saturated rings. The first kappa shape index (κ1) is 24.3. The molecule has 180 valence electrons. The standard InChI is InChI=1S/C30H32N2O3/c1-21-10-12-22(13-11-21)16-17-31-28(33)20-32-25-19-24(30(2,3)4)14-15-26(25)35-27(29(32)34)18-23-8-6-5-7-9-23/h5-15,18-19H,16-17,20H2,1-4H3,(H,31,33). The van der Waals surface area contributed by atoms with Crippen LogP contribution in [0.25, 0.3) is 6.08 Å². The molecule has 0 aromatic heterocycles. The van der Waals surface area contributed by atoms with Crippen molar-refractivity contribution in [3.05, 3.63) is 101 Å². The first-order chi connectivity index (χ1) is 16.7. The van der Waals surface area contributed by atoms with Crippen LogP contribution in [0.1, 0.15) is 43.0 Å². The summed E-state index contributed by atoms with van der Waals surface area (Å²) >= 11 is 0. The molecular formula is C30H32N2O3. The van der Waals surface area contributed by atoms with Gasteiger partial charge in [0.15, 0.2) is 11.5 Å². The van der Waals surface area contributed by atoms with E-state index in [0.29, 0.717) is 18.0 Å². The van der Waals surface area contributed by atoms with E-state index in [4.69, 9.17) is 4.74 Å². The second kappa shape index (κ2) is 10.2. The summed E-state index contributed by atoms with van der Waals surface area (Å²) < 4.78 is 6.01. The van der Waals surface area contributed by atoms with Gasteiger partial charge in [-0.2, -0.15) is 0 Å². The summed E-state index contributed by atoms with van der Waals surface area (Å²) in [7, 11) is 0. The van der Waals surface area contributed by atoms with Crippen LogP contribution in [0.5, 0.6) is 5.75 Å². The Morgan fingerprint density at radius 3 is 2.40 bits per heavy atom. The fourth-order valence-electron chi connectivity index (χ4n) is 3.93. The van der Waals surface area contributed by atoms with E-state index in [0.717, 1.165) is 23.1 Å². The number of hydrogen-bond donors (Lipinski definition) is 1. The molecule has 5 heteroatoms. The molecule has 1 aliphatic rings. The number of ether oxygens (including phenoxy) is 1. The molecule has 0 unspecified atom stereocenters. The lowest BCUT2D eigenvalue weighted by molar-refractivity contribution is -0.123. The molecule has 3 aromatic carbocycles. The smallest absolute Gasteiger partial charge is 0.294 e. The Balaban J connectivity index is 1.56. The minimum Gasteiger partial charge on any atom is -0.449 e. The van der Waals surface area contributed by atoms with Gasteiger partial charge >= 0.3 is 0 Å². The molecular weight excluding hydrogens is 436 g/mol. The van der Waals surface area contributed by atoms with E-state index in [9.17, 15) is 9.59 Å². The third-order valence-electron chi connectivity index (χ3n) is 6.05. The first-order valence-electron chi connectivity index (χ1n) is 11.9. The maximum Gasteiger partial charge on any atom is 0.294 e. The number of anilines is 1. The number of nitrogens with one attached hydrogen (secondary N) is 1. The summed E-state index contributed by atoms with van der Waals surface area (Å²) in [6, 6.07) is 23.6. The average Bonchev–Trinajstić information content (AvgIpc) is 2.83. The summed E-state index contributed by atoms with van der Waals surface area (Å²) in [5.74, 6) is 0.214. The fraction of sp³-hybridized carbons (Fsp3) is 0.267. The number of aryl methyl sites for hydroxylation is 1. The van der Waals surface area contributed by atoms with Crippen LogP contribution in [-0.4, -0.2) is 24.9 Å². The molecule has 0 saturated carbocycles. The van der Waals surface area contributed by atoms with E-state index >= 15 is 0 Å². The van der Waals surface area contributed by atoms with Gasteiger partial charge in [-0.05, 0) is 53.7 Å². The van der Waals surface area contributed by atoms with Crippen LogP contribution in [0.2, 0.25) is 0 Å². The lowest BCUT2D eigenvalue weighted by Gasteiger charge is -2.32. The van der Waals surface area contributed by atoms with Gasteiger partial charge in [-0.1, -0.05) is 87.0 Å². The van der Waals surface area contributed by atoms with Gasteiger partial charge in [0.2, 0.25) is 5.91 Å². The minimum atomic E-state index is -0.332. The molecule has 0 bridgehead atoms. The lowest BCUT2D eigenvalue weighted by atomic mass is 9.86. The normalized spacial score (nSPS) is 14.5.